The van der Waals surface area contributed by atoms with Crippen LogP contribution in [0.15, 0.2) is 228 Å². The average molecular weight is 1390 g/mol. The van der Waals surface area contributed by atoms with Gasteiger partial charge in [0.1, 0.15) is 0 Å². The van der Waals surface area contributed by atoms with E-state index >= 15 is 0 Å². The van der Waals surface area contributed by atoms with E-state index in [1.807, 2.05) is 42.5 Å². The molecule has 0 fully saturated rings. The topological polar surface area (TPSA) is 128 Å². The maximum atomic E-state index is 5.23. The Hall–Kier alpha value is -9.41. The minimum absolute atomic E-state index is 0.0482. The van der Waals surface area contributed by atoms with Crippen LogP contribution in [0.3, 0.4) is 0 Å². The summed E-state index contributed by atoms with van der Waals surface area (Å²) < 4.78 is 7.49. The first-order valence-electron chi connectivity index (χ1n) is 37.5. The molecule has 8 heterocycles. The van der Waals surface area contributed by atoms with Crippen molar-refractivity contribution in [1.82, 2.24) is 29.9 Å². The van der Waals surface area contributed by atoms with Crippen molar-refractivity contribution in [2.24, 2.45) is 21.2 Å². The van der Waals surface area contributed by atoms with E-state index in [2.05, 4.69) is 388 Å². The number of aliphatic imine (C=N–C) groups is 1. The summed E-state index contributed by atoms with van der Waals surface area (Å²) in [6, 6.07) is 70.0. The van der Waals surface area contributed by atoms with E-state index in [-0.39, 0.29) is 32.6 Å². The minimum Gasteiger partial charge on any atom is -0.384 e. The number of hydrogen-bond donors (Lipinski definition) is 5. The SMILES string of the molecule is CC(C)(C)C1=NCc2ccccc21.CC(C)(C)C1CNc2ccccc21.CC(C)(C)C1Cc2ccccc2N1.CC(C)(C)c1[nH]nc2ccccc12.CC(C)(C)c1c[nH]c2ccccc12.CC(C)(C)c1cc2ccccc2[nH]1.CC(C)(C)c1noc2ccccc12.CC(C)(C)n1cc2ccccc2c1. The first-order chi connectivity index (χ1) is 48.7. The molecule has 16 rings (SSSR count). The molecule has 0 spiro atoms. The molecular formula is C94H121N9O. The minimum atomic E-state index is 0.0482. The third-order valence-electron chi connectivity index (χ3n) is 19.4. The fraction of sp³-hybridized carbons (Fsp3) is 0.394. The predicted molar refractivity (Wildman–Crippen MR) is 449 cm³/mol. The highest BCUT2D eigenvalue weighted by Gasteiger charge is 2.33. The summed E-state index contributed by atoms with van der Waals surface area (Å²) >= 11 is 0. The number of benzene rings is 8. The van der Waals surface area contributed by atoms with Crippen LogP contribution in [-0.2, 0) is 40.2 Å². The highest BCUT2D eigenvalue weighted by atomic mass is 16.5. The number of hydrogen-bond acceptors (Lipinski definition) is 6. The van der Waals surface area contributed by atoms with Gasteiger partial charge in [-0.1, -0.05) is 302 Å². The van der Waals surface area contributed by atoms with Gasteiger partial charge in [-0.2, -0.15) is 5.10 Å². The number of aromatic amines is 3. The monoisotopic (exact) mass is 1390 g/mol. The lowest BCUT2D eigenvalue weighted by atomic mass is 9.78. The van der Waals surface area contributed by atoms with Gasteiger partial charge < -0.3 is 29.7 Å². The molecule has 10 heteroatoms. The van der Waals surface area contributed by atoms with Gasteiger partial charge in [-0.15, -0.1) is 0 Å². The predicted octanol–water partition coefficient (Wildman–Crippen LogP) is 25.7. The second kappa shape index (κ2) is 31.9. The van der Waals surface area contributed by atoms with Gasteiger partial charge in [0.25, 0.3) is 0 Å². The van der Waals surface area contributed by atoms with Gasteiger partial charge in [0, 0.05) is 126 Å². The third-order valence-corrected chi connectivity index (χ3v) is 19.4. The van der Waals surface area contributed by atoms with Crippen LogP contribution in [0.5, 0.6) is 0 Å². The summed E-state index contributed by atoms with van der Waals surface area (Å²) in [5, 5.41) is 26.1. The molecule has 5 N–H and O–H groups in total. The first kappa shape index (κ1) is 78.7. The van der Waals surface area contributed by atoms with Crippen molar-refractivity contribution >= 4 is 71.5 Å². The average Bonchev–Trinajstić information content (AvgIpc) is 1.66. The number of rotatable bonds is 0. The van der Waals surface area contributed by atoms with Gasteiger partial charge in [-0.3, -0.25) is 10.1 Å². The van der Waals surface area contributed by atoms with E-state index in [9.17, 15) is 0 Å². The van der Waals surface area contributed by atoms with Gasteiger partial charge in [-0.05, 0) is 130 Å². The summed E-state index contributed by atoms with van der Waals surface area (Å²) in [7, 11) is 0. The molecule has 104 heavy (non-hydrogen) atoms. The number of para-hydroxylation sites is 6. The number of fused-ring (bicyclic) bond motifs is 8. The van der Waals surface area contributed by atoms with Crippen LogP contribution < -0.4 is 10.6 Å². The van der Waals surface area contributed by atoms with Crippen LogP contribution in [0.2, 0.25) is 0 Å². The second-order valence-electron chi connectivity index (χ2n) is 36.5. The number of nitrogens with zero attached hydrogens (tertiary/aromatic N) is 4. The second-order valence-corrected chi connectivity index (χ2v) is 36.5. The van der Waals surface area contributed by atoms with E-state index in [1.165, 1.54) is 101 Å². The van der Waals surface area contributed by atoms with E-state index in [0.29, 0.717) is 22.8 Å². The van der Waals surface area contributed by atoms with Crippen molar-refractivity contribution in [3.8, 4) is 0 Å². The fourth-order valence-corrected chi connectivity index (χ4v) is 13.3. The fourth-order valence-electron chi connectivity index (χ4n) is 13.3. The highest BCUT2D eigenvalue weighted by Crippen LogP contribution is 2.43. The van der Waals surface area contributed by atoms with Crippen molar-refractivity contribution in [3.63, 3.8) is 0 Å². The molecule has 2 unspecified atom stereocenters. The molecule has 0 bridgehead atoms. The summed E-state index contributed by atoms with van der Waals surface area (Å²) in [4.78, 5) is 11.3. The Morgan fingerprint density at radius 1 is 0.462 bits per heavy atom. The Balaban J connectivity index is 0.000000138. The van der Waals surface area contributed by atoms with E-state index in [0.717, 1.165) is 35.3 Å². The first-order valence-corrected chi connectivity index (χ1v) is 37.5. The molecule has 0 amide bonds. The molecule has 2 atom stereocenters. The third kappa shape index (κ3) is 20.3. The Morgan fingerprint density at radius 3 is 1.58 bits per heavy atom. The van der Waals surface area contributed by atoms with Gasteiger partial charge >= 0.3 is 0 Å². The molecular weight excluding hydrogens is 1270 g/mol. The van der Waals surface area contributed by atoms with Crippen LogP contribution in [0, 0.1) is 16.2 Å². The summed E-state index contributed by atoms with van der Waals surface area (Å²) in [6.07, 6.45) is 7.69. The lowest BCUT2D eigenvalue weighted by Gasteiger charge is -2.27. The van der Waals surface area contributed by atoms with Crippen molar-refractivity contribution in [2.75, 3.05) is 17.2 Å². The molecule has 0 saturated heterocycles. The summed E-state index contributed by atoms with van der Waals surface area (Å²) in [5.41, 5.74) is 20.5. The van der Waals surface area contributed by atoms with Crippen molar-refractivity contribution < 1.29 is 4.52 Å². The zero-order valence-electron chi connectivity index (χ0n) is 67.3. The lowest BCUT2D eigenvalue weighted by Crippen LogP contribution is -2.31. The molecule has 5 aromatic heterocycles. The van der Waals surface area contributed by atoms with E-state index < -0.39 is 0 Å². The van der Waals surface area contributed by atoms with Crippen LogP contribution in [0.1, 0.15) is 217 Å². The molecule has 3 aliphatic heterocycles. The van der Waals surface area contributed by atoms with Gasteiger partial charge in [0.15, 0.2) is 5.58 Å². The number of nitrogens with one attached hydrogen (secondary N) is 5. The quantitative estimate of drug-likeness (QED) is 0.103. The molecule has 548 valence electrons. The van der Waals surface area contributed by atoms with Gasteiger partial charge in [-0.25, -0.2) is 0 Å². The largest absolute Gasteiger partial charge is 0.384 e. The highest BCUT2D eigenvalue weighted by molar-refractivity contribution is 6.07. The van der Waals surface area contributed by atoms with Crippen LogP contribution in [0.25, 0.3) is 54.5 Å². The summed E-state index contributed by atoms with van der Waals surface area (Å²) in [5.74, 6) is 0.656. The maximum absolute atomic E-state index is 5.23. The number of H-pyrrole nitrogens is 3. The number of aromatic nitrogens is 6. The van der Waals surface area contributed by atoms with E-state index in [4.69, 9.17) is 4.52 Å². The van der Waals surface area contributed by atoms with Gasteiger partial charge in [0.2, 0.25) is 0 Å². The van der Waals surface area contributed by atoms with Crippen LogP contribution >= 0.6 is 0 Å². The standard InChI is InChI=1S/C12H15N.C12H17N.2C12H15N.C12H17N.C12H15N.C11H14N2.C11H13NO/c1-12(2,3)13-8-10-6-4-5-7-11(10)9-13;2*1-12(2,3)10-8-13-11-7-5-4-6-9(10)11;1-12(2,3)11-10-7-5-4-6-9(10)8-13-11;2*1-12(2,3)11-8-9-6-4-5-7-10(9)13-11;1-11(2,3)10-8-6-4-5-7-9(8)12-13-10;1-11(2,3)10-8-6-4-5-7-9(8)13-12-10/h4-9H,1-3H3;4-7,10,13H,8H2,1-3H3;4-8,13H,1-3H3;4-7H,8H2,1-3H3;4-7,11,13H,8H2,1-3H3;4-8,13H,1-3H3;4-7H,1-3H3,(H,12,13);4-7H,1-3H3. The van der Waals surface area contributed by atoms with Crippen LogP contribution in [0.4, 0.5) is 11.4 Å². The van der Waals surface area contributed by atoms with Crippen molar-refractivity contribution in [2.45, 2.75) is 218 Å². The smallest absolute Gasteiger partial charge is 0.167 e. The Labute approximate surface area is 622 Å². The molecule has 0 radical (unpaired) electrons. The summed E-state index contributed by atoms with van der Waals surface area (Å²) in [6.45, 7) is 55.4. The molecule has 0 saturated carbocycles. The van der Waals surface area contributed by atoms with E-state index in [1.54, 1.807) is 0 Å². The molecule has 13 aromatic rings. The van der Waals surface area contributed by atoms with Crippen LogP contribution in [-0.4, -0.2) is 48.2 Å². The maximum Gasteiger partial charge on any atom is 0.167 e. The molecule has 10 nitrogen and oxygen atoms in total. The lowest BCUT2D eigenvalue weighted by molar-refractivity contribution is 0.339. The Kier molecular flexibility index (Phi) is 24.1. The van der Waals surface area contributed by atoms with Crippen molar-refractivity contribution in [3.05, 3.63) is 264 Å². The molecule has 3 aliphatic rings. The van der Waals surface area contributed by atoms with Gasteiger partial charge in [0.05, 0.1) is 17.8 Å². The number of anilines is 2. The van der Waals surface area contributed by atoms with Crippen molar-refractivity contribution in [1.29, 1.82) is 0 Å². The zero-order valence-corrected chi connectivity index (χ0v) is 67.3. The Bertz CT molecular complexity index is 4540. The zero-order chi connectivity index (χ0) is 75.8. The molecule has 0 aliphatic carbocycles. The normalized spacial score (nSPS) is 14.8. The molecule has 8 aromatic carbocycles. The Morgan fingerprint density at radius 2 is 1.00 bits per heavy atom.